The first-order valence-corrected chi connectivity index (χ1v) is 32.0. The standard InChI is InChI=1S/2C42H42N4O2/c2*1-43(2)33-15-19-37(20-16-33)45(39-23-27-41(47-5)28-24-39)35-11-7-31(8-12-35)32-9-13-36(14-10-32)46(40-25-29-42(48-6)30-26-40)38-21-17-34(18-22-38)44(3)4/h2*7-30H,1-6H3. The van der Waals surface area contributed by atoms with E-state index in [-0.39, 0.29) is 0 Å². The predicted molar refractivity (Wildman–Crippen MR) is 406 cm³/mol. The molecule has 0 saturated carbocycles. The first-order chi connectivity index (χ1) is 46.7. The fourth-order valence-corrected chi connectivity index (χ4v) is 11.5. The lowest BCUT2D eigenvalue weighted by molar-refractivity contribution is 0.414. The maximum atomic E-state index is 5.43. The Morgan fingerprint density at radius 3 is 0.365 bits per heavy atom. The van der Waals surface area contributed by atoms with Crippen LogP contribution in [-0.4, -0.2) is 84.8 Å². The van der Waals surface area contributed by atoms with Crippen LogP contribution in [0.25, 0.3) is 22.3 Å². The fourth-order valence-electron chi connectivity index (χ4n) is 11.5. The van der Waals surface area contributed by atoms with Crippen molar-refractivity contribution in [3.63, 3.8) is 0 Å². The van der Waals surface area contributed by atoms with Gasteiger partial charge in [-0.25, -0.2) is 0 Å². The molecule has 0 N–H and O–H groups in total. The Morgan fingerprint density at radius 2 is 0.250 bits per heavy atom. The molecule has 0 aliphatic rings. The van der Waals surface area contributed by atoms with Crippen molar-refractivity contribution < 1.29 is 18.9 Å². The molecule has 12 heteroatoms. The Kier molecular flexibility index (Phi) is 20.8. The minimum Gasteiger partial charge on any atom is -0.497 e. The van der Waals surface area contributed by atoms with E-state index in [4.69, 9.17) is 18.9 Å². The molecule has 12 rings (SSSR count). The van der Waals surface area contributed by atoms with Crippen molar-refractivity contribution in [3.8, 4) is 45.3 Å². The highest BCUT2D eigenvalue weighted by molar-refractivity contribution is 5.85. The summed E-state index contributed by atoms with van der Waals surface area (Å²) in [6, 6.07) is 102. The summed E-state index contributed by atoms with van der Waals surface area (Å²) in [7, 11) is 23.2. The molecule has 0 saturated heterocycles. The van der Waals surface area contributed by atoms with E-state index < -0.39 is 0 Å². The molecule has 0 fully saturated rings. The first-order valence-electron chi connectivity index (χ1n) is 32.0. The molecule has 0 amide bonds. The van der Waals surface area contributed by atoms with Crippen LogP contribution in [0.4, 0.5) is 91.0 Å². The summed E-state index contributed by atoms with van der Waals surface area (Å²) < 4.78 is 21.7. The molecule has 0 heterocycles. The summed E-state index contributed by atoms with van der Waals surface area (Å²) in [6.07, 6.45) is 0. The van der Waals surface area contributed by atoms with Gasteiger partial charge < -0.3 is 58.1 Å². The average molecular weight is 1270 g/mol. The van der Waals surface area contributed by atoms with Gasteiger partial charge in [0.25, 0.3) is 0 Å². The van der Waals surface area contributed by atoms with Crippen molar-refractivity contribution >= 4 is 91.0 Å². The number of nitrogens with zero attached hydrogens (tertiary/aromatic N) is 8. The number of hydrogen-bond acceptors (Lipinski definition) is 12. The molecule has 12 aromatic rings. The molecule has 12 nitrogen and oxygen atoms in total. The third-order valence-corrected chi connectivity index (χ3v) is 17.0. The maximum absolute atomic E-state index is 5.43. The number of anilines is 16. The van der Waals surface area contributed by atoms with Gasteiger partial charge in [-0.15, -0.1) is 0 Å². The van der Waals surface area contributed by atoms with Gasteiger partial charge in [0.2, 0.25) is 0 Å². The lowest BCUT2D eigenvalue weighted by atomic mass is 10.0. The van der Waals surface area contributed by atoms with Gasteiger partial charge in [0.05, 0.1) is 28.4 Å². The van der Waals surface area contributed by atoms with Crippen LogP contribution in [0.15, 0.2) is 291 Å². The summed E-state index contributed by atoms with van der Waals surface area (Å²) in [6.45, 7) is 0. The van der Waals surface area contributed by atoms with Gasteiger partial charge >= 0.3 is 0 Å². The Hall–Kier alpha value is -11.8. The lowest BCUT2D eigenvalue weighted by Gasteiger charge is -2.27. The highest BCUT2D eigenvalue weighted by Gasteiger charge is 2.19. The van der Waals surface area contributed by atoms with E-state index in [1.165, 1.54) is 0 Å². The van der Waals surface area contributed by atoms with Crippen molar-refractivity contribution in [3.05, 3.63) is 291 Å². The smallest absolute Gasteiger partial charge is 0.119 e. The zero-order valence-corrected chi connectivity index (χ0v) is 56.9. The van der Waals surface area contributed by atoms with Gasteiger partial charge in [0.15, 0.2) is 0 Å². The number of methoxy groups -OCH3 is 4. The third-order valence-electron chi connectivity index (χ3n) is 17.0. The summed E-state index contributed by atoms with van der Waals surface area (Å²) in [5.41, 5.74) is 22.1. The van der Waals surface area contributed by atoms with E-state index in [0.29, 0.717) is 0 Å². The minimum absolute atomic E-state index is 0.830. The molecular formula is C84H84N8O4. The molecule has 0 unspecified atom stereocenters. The second-order valence-corrected chi connectivity index (χ2v) is 24.0. The molecule has 0 aromatic heterocycles. The average Bonchev–Trinajstić information content (AvgIpc) is 0.872. The van der Waals surface area contributed by atoms with Gasteiger partial charge in [0.1, 0.15) is 23.0 Å². The van der Waals surface area contributed by atoms with Gasteiger partial charge in [0, 0.05) is 147 Å². The number of benzene rings is 12. The van der Waals surface area contributed by atoms with Crippen molar-refractivity contribution in [1.82, 2.24) is 0 Å². The predicted octanol–water partition coefficient (Wildman–Crippen LogP) is 20.9. The van der Waals surface area contributed by atoms with Crippen LogP contribution in [-0.2, 0) is 0 Å². The molecule has 96 heavy (non-hydrogen) atoms. The van der Waals surface area contributed by atoms with Crippen molar-refractivity contribution in [1.29, 1.82) is 0 Å². The van der Waals surface area contributed by atoms with Crippen LogP contribution >= 0.6 is 0 Å². The second-order valence-electron chi connectivity index (χ2n) is 24.0. The normalized spacial score (nSPS) is 10.7. The molecule has 0 bridgehead atoms. The van der Waals surface area contributed by atoms with E-state index in [1.807, 2.05) is 48.5 Å². The van der Waals surface area contributed by atoms with Gasteiger partial charge in [-0.2, -0.15) is 0 Å². The van der Waals surface area contributed by atoms with E-state index >= 15 is 0 Å². The van der Waals surface area contributed by atoms with Gasteiger partial charge in [-0.05, 0) is 265 Å². The molecule has 484 valence electrons. The highest BCUT2D eigenvalue weighted by atomic mass is 16.5. The van der Waals surface area contributed by atoms with Crippen molar-refractivity contribution in [2.75, 3.05) is 124 Å². The number of rotatable bonds is 22. The Morgan fingerprint density at radius 1 is 0.146 bits per heavy atom. The molecule has 0 atom stereocenters. The lowest BCUT2D eigenvalue weighted by Crippen LogP contribution is -2.12. The molecule has 0 aliphatic carbocycles. The maximum Gasteiger partial charge on any atom is 0.119 e. The summed E-state index contributed by atoms with van der Waals surface area (Å²) in [4.78, 5) is 17.5. The van der Waals surface area contributed by atoms with Crippen molar-refractivity contribution in [2.45, 2.75) is 0 Å². The topological polar surface area (TPSA) is 62.8 Å². The van der Waals surface area contributed by atoms with E-state index in [9.17, 15) is 0 Å². The fraction of sp³-hybridized carbons (Fsp3) is 0.143. The molecular weight excluding hydrogens is 1180 g/mol. The van der Waals surface area contributed by atoms with Gasteiger partial charge in [-0.1, -0.05) is 48.5 Å². The number of ether oxygens (including phenoxy) is 4. The van der Waals surface area contributed by atoms with Crippen molar-refractivity contribution in [2.24, 2.45) is 0 Å². The largest absolute Gasteiger partial charge is 0.497 e. The zero-order chi connectivity index (χ0) is 67.2. The van der Waals surface area contributed by atoms with E-state index in [0.717, 1.165) is 136 Å². The van der Waals surface area contributed by atoms with Crippen LogP contribution < -0.4 is 58.1 Å². The third kappa shape index (κ3) is 15.3. The Bertz CT molecular complexity index is 3800. The monoisotopic (exact) mass is 1270 g/mol. The Balaban J connectivity index is 0.000000195. The number of hydrogen-bond donors (Lipinski definition) is 0. The highest BCUT2D eigenvalue weighted by Crippen LogP contribution is 2.43. The van der Waals surface area contributed by atoms with Crippen LogP contribution in [0.1, 0.15) is 0 Å². The van der Waals surface area contributed by atoms with Crippen LogP contribution in [0.3, 0.4) is 0 Å². The van der Waals surface area contributed by atoms with E-state index in [2.05, 4.69) is 338 Å². The summed E-state index contributed by atoms with van der Waals surface area (Å²) in [5, 5.41) is 0. The van der Waals surface area contributed by atoms with Crippen LogP contribution in [0, 0.1) is 0 Å². The molecule has 0 radical (unpaired) electrons. The SMILES string of the molecule is COc1ccc(N(c2ccc(-c3ccc(N(c4ccc(OC)cc4)c4ccc(N(C)C)cc4)cc3)cc2)c2ccc(N(C)C)cc2)cc1.COc1ccc(N(c2ccc(-c3ccc(N(c4ccc(OC)cc4)c4ccc(N(C)C)cc4)cc3)cc2)c2ccc(N(C)C)cc2)cc1. The Labute approximate surface area is 567 Å². The van der Waals surface area contributed by atoms with Gasteiger partial charge in [-0.3, -0.25) is 0 Å². The zero-order valence-electron chi connectivity index (χ0n) is 56.9. The van der Waals surface area contributed by atoms with Crippen LogP contribution in [0.2, 0.25) is 0 Å². The quantitative estimate of drug-likeness (QED) is 0.0649. The first kappa shape index (κ1) is 65.7. The summed E-state index contributed by atoms with van der Waals surface area (Å²) >= 11 is 0. The van der Waals surface area contributed by atoms with E-state index in [1.54, 1.807) is 28.4 Å². The molecule has 12 aromatic carbocycles. The molecule has 0 spiro atoms. The minimum atomic E-state index is 0.830. The second kappa shape index (κ2) is 30.3. The van der Waals surface area contributed by atoms with Crippen LogP contribution in [0.5, 0.6) is 23.0 Å². The summed E-state index contributed by atoms with van der Waals surface area (Å²) in [5.74, 6) is 3.32. The molecule has 0 aliphatic heterocycles.